The minimum absolute atomic E-state index is 0.221. The molecule has 1 aromatic carbocycles. The lowest BCUT2D eigenvalue weighted by atomic mass is 9.93. The van der Waals surface area contributed by atoms with Crippen molar-refractivity contribution in [2.24, 2.45) is 5.92 Å². The van der Waals surface area contributed by atoms with Gasteiger partial charge in [0.2, 0.25) is 0 Å². The van der Waals surface area contributed by atoms with Gasteiger partial charge in [-0.05, 0) is 11.5 Å². The second kappa shape index (κ2) is 5.89. The van der Waals surface area contributed by atoms with E-state index in [1.54, 1.807) is 7.11 Å². The van der Waals surface area contributed by atoms with Crippen molar-refractivity contribution in [2.45, 2.75) is 32.5 Å². The average Bonchev–Trinajstić information content (AvgIpc) is 2.30. The molecule has 0 radical (unpaired) electrons. The van der Waals surface area contributed by atoms with Crippen molar-refractivity contribution < 1.29 is 9.84 Å². The van der Waals surface area contributed by atoms with E-state index in [1.165, 1.54) is 0 Å². The molecule has 0 aliphatic heterocycles. The van der Waals surface area contributed by atoms with Crippen molar-refractivity contribution >= 4 is 0 Å². The Hall–Kier alpha value is -0.860. The Labute approximate surface area is 91.9 Å². The number of aliphatic hydroxyl groups excluding tert-OH is 1. The number of benzene rings is 1. The maximum Gasteiger partial charge on any atom is 0.108 e. The minimum Gasteiger partial charge on any atom is -0.390 e. The summed E-state index contributed by atoms with van der Waals surface area (Å²) in [5.74, 6) is 0.246. The largest absolute Gasteiger partial charge is 0.390 e. The molecule has 15 heavy (non-hydrogen) atoms. The van der Waals surface area contributed by atoms with Crippen LogP contribution >= 0.6 is 0 Å². The van der Waals surface area contributed by atoms with Crippen LogP contribution in [-0.4, -0.2) is 18.3 Å². The van der Waals surface area contributed by atoms with Crippen LogP contribution in [0.1, 0.15) is 31.9 Å². The molecule has 1 rings (SSSR count). The number of ether oxygens (including phenoxy) is 1. The first-order valence-corrected chi connectivity index (χ1v) is 5.46. The van der Waals surface area contributed by atoms with E-state index in [1.807, 2.05) is 37.3 Å². The maximum absolute atomic E-state index is 10.1. The average molecular weight is 208 g/mol. The van der Waals surface area contributed by atoms with Gasteiger partial charge in [-0.3, -0.25) is 0 Å². The van der Waals surface area contributed by atoms with Crippen LogP contribution in [0, 0.1) is 5.92 Å². The lowest BCUT2D eigenvalue weighted by Gasteiger charge is -2.26. The summed E-state index contributed by atoms with van der Waals surface area (Å²) in [5, 5.41) is 10.1. The lowest BCUT2D eigenvalue weighted by molar-refractivity contribution is -0.0404. The standard InChI is InChI=1S/C13H20O2/c1-4-10(2)12(14)13(15-3)11-8-6-5-7-9-11/h5-10,12-14H,4H2,1-3H3. The van der Waals surface area contributed by atoms with Crippen molar-refractivity contribution in [1.82, 2.24) is 0 Å². The summed E-state index contributed by atoms with van der Waals surface area (Å²) in [7, 11) is 1.64. The number of hydrogen-bond acceptors (Lipinski definition) is 2. The van der Waals surface area contributed by atoms with E-state index >= 15 is 0 Å². The number of methoxy groups -OCH3 is 1. The molecule has 0 amide bonds. The second-order valence-corrected chi connectivity index (χ2v) is 3.94. The van der Waals surface area contributed by atoms with Crippen LogP contribution in [0.4, 0.5) is 0 Å². The molecule has 1 N–H and O–H groups in total. The third-order valence-corrected chi connectivity index (χ3v) is 2.92. The summed E-state index contributed by atoms with van der Waals surface area (Å²) in [5.41, 5.74) is 1.04. The fraction of sp³-hybridized carbons (Fsp3) is 0.538. The molecule has 0 spiro atoms. The molecular formula is C13H20O2. The van der Waals surface area contributed by atoms with Crippen LogP contribution in [0.15, 0.2) is 30.3 Å². The predicted octanol–water partition coefficient (Wildman–Crippen LogP) is 2.78. The minimum atomic E-state index is -0.442. The van der Waals surface area contributed by atoms with Gasteiger partial charge in [-0.25, -0.2) is 0 Å². The van der Waals surface area contributed by atoms with Gasteiger partial charge in [-0.15, -0.1) is 0 Å². The van der Waals surface area contributed by atoms with Crippen molar-refractivity contribution in [3.63, 3.8) is 0 Å². The Morgan fingerprint density at radius 3 is 2.33 bits per heavy atom. The molecule has 0 aliphatic rings. The normalized spacial score (nSPS) is 17.1. The molecule has 0 aliphatic carbocycles. The van der Waals surface area contributed by atoms with Gasteiger partial charge in [0.15, 0.2) is 0 Å². The molecule has 0 bridgehead atoms. The van der Waals surface area contributed by atoms with E-state index in [0.717, 1.165) is 12.0 Å². The Kier molecular flexibility index (Phi) is 4.79. The van der Waals surface area contributed by atoms with Gasteiger partial charge in [0.05, 0.1) is 6.10 Å². The highest BCUT2D eigenvalue weighted by atomic mass is 16.5. The summed E-state index contributed by atoms with van der Waals surface area (Å²) >= 11 is 0. The second-order valence-electron chi connectivity index (χ2n) is 3.94. The molecule has 0 saturated carbocycles. The highest BCUT2D eigenvalue weighted by molar-refractivity contribution is 5.18. The highest BCUT2D eigenvalue weighted by Gasteiger charge is 2.24. The monoisotopic (exact) mass is 208 g/mol. The summed E-state index contributed by atoms with van der Waals surface area (Å²) in [4.78, 5) is 0. The van der Waals surface area contributed by atoms with E-state index in [4.69, 9.17) is 4.74 Å². The molecule has 2 nitrogen and oxygen atoms in total. The van der Waals surface area contributed by atoms with E-state index in [0.29, 0.717) is 0 Å². The van der Waals surface area contributed by atoms with Gasteiger partial charge in [0.25, 0.3) is 0 Å². The summed E-state index contributed by atoms with van der Waals surface area (Å²) in [6.07, 6.45) is 0.289. The molecular weight excluding hydrogens is 188 g/mol. The smallest absolute Gasteiger partial charge is 0.108 e. The van der Waals surface area contributed by atoms with Gasteiger partial charge in [0, 0.05) is 7.11 Å². The Balaban J connectivity index is 2.80. The van der Waals surface area contributed by atoms with Gasteiger partial charge >= 0.3 is 0 Å². The highest BCUT2D eigenvalue weighted by Crippen LogP contribution is 2.26. The van der Waals surface area contributed by atoms with Crippen LogP contribution in [0.5, 0.6) is 0 Å². The number of rotatable bonds is 5. The van der Waals surface area contributed by atoms with Crippen LogP contribution < -0.4 is 0 Å². The van der Waals surface area contributed by atoms with Crippen molar-refractivity contribution in [1.29, 1.82) is 0 Å². The molecule has 0 aromatic heterocycles. The fourth-order valence-corrected chi connectivity index (χ4v) is 1.66. The van der Waals surface area contributed by atoms with Gasteiger partial charge in [0.1, 0.15) is 6.10 Å². The zero-order valence-electron chi connectivity index (χ0n) is 9.68. The molecule has 0 fully saturated rings. The molecule has 1 aromatic rings. The fourth-order valence-electron chi connectivity index (χ4n) is 1.66. The topological polar surface area (TPSA) is 29.5 Å². The summed E-state index contributed by atoms with van der Waals surface area (Å²) in [6.45, 7) is 4.12. The maximum atomic E-state index is 10.1. The van der Waals surface area contributed by atoms with Crippen LogP contribution in [0.2, 0.25) is 0 Å². The van der Waals surface area contributed by atoms with Gasteiger partial charge in [-0.1, -0.05) is 50.6 Å². The zero-order valence-corrected chi connectivity index (χ0v) is 9.68. The number of aliphatic hydroxyl groups is 1. The van der Waals surface area contributed by atoms with E-state index in [2.05, 4.69) is 6.92 Å². The molecule has 3 atom stereocenters. The van der Waals surface area contributed by atoms with Crippen LogP contribution in [0.25, 0.3) is 0 Å². The van der Waals surface area contributed by atoms with E-state index < -0.39 is 6.10 Å². The number of hydrogen-bond donors (Lipinski definition) is 1. The van der Waals surface area contributed by atoms with Crippen molar-refractivity contribution in [3.8, 4) is 0 Å². The zero-order chi connectivity index (χ0) is 11.3. The molecule has 84 valence electrons. The summed E-state index contributed by atoms with van der Waals surface area (Å²) in [6, 6.07) is 9.86. The first-order valence-electron chi connectivity index (χ1n) is 5.46. The van der Waals surface area contributed by atoms with Crippen LogP contribution in [-0.2, 0) is 4.74 Å². The predicted molar refractivity (Wildman–Crippen MR) is 61.7 cm³/mol. The quantitative estimate of drug-likeness (QED) is 0.806. The van der Waals surface area contributed by atoms with Gasteiger partial charge in [-0.2, -0.15) is 0 Å². The molecule has 3 unspecified atom stereocenters. The van der Waals surface area contributed by atoms with Gasteiger partial charge < -0.3 is 9.84 Å². The van der Waals surface area contributed by atoms with E-state index in [9.17, 15) is 5.11 Å². The summed E-state index contributed by atoms with van der Waals surface area (Å²) < 4.78 is 5.37. The Morgan fingerprint density at radius 2 is 1.87 bits per heavy atom. The first kappa shape index (κ1) is 12.2. The third kappa shape index (κ3) is 3.05. The Morgan fingerprint density at radius 1 is 1.27 bits per heavy atom. The lowest BCUT2D eigenvalue weighted by Crippen LogP contribution is -2.26. The molecule has 2 heteroatoms. The first-order chi connectivity index (χ1) is 7.20. The third-order valence-electron chi connectivity index (χ3n) is 2.92. The van der Waals surface area contributed by atoms with Crippen molar-refractivity contribution in [3.05, 3.63) is 35.9 Å². The molecule has 0 heterocycles. The Bertz CT molecular complexity index is 271. The van der Waals surface area contributed by atoms with Crippen LogP contribution in [0.3, 0.4) is 0 Å². The van der Waals surface area contributed by atoms with Crippen molar-refractivity contribution in [2.75, 3.05) is 7.11 Å². The SMILES string of the molecule is CCC(C)C(O)C(OC)c1ccccc1. The van der Waals surface area contributed by atoms with E-state index in [-0.39, 0.29) is 12.0 Å². The molecule has 0 saturated heterocycles.